The molecule has 95 valence electrons. The van der Waals surface area contributed by atoms with Crippen LogP contribution in [0.1, 0.15) is 12.0 Å². The molecule has 0 saturated carbocycles. The summed E-state index contributed by atoms with van der Waals surface area (Å²) in [6.45, 7) is 1.78. The van der Waals surface area contributed by atoms with E-state index in [1.54, 1.807) is 13.0 Å². The summed E-state index contributed by atoms with van der Waals surface area (Å²) in [5.41, 5.74) is 1.13. The van der Waals surface area contributed by atoms with Crippen LogP contribution in [0.5, 0.6) is 0 Å². The van der Waals surface area contributed by atoms with Gasteiger partial charge in [0.05, 0.1) is 6.42 Å². The fraction of sp³-hybridized carbons (Fsp3) is 0.273. The van der Waals surface area contributed by atoms with Crippen molar-refractivity contribution >= 4 is 17.4 Å². The minimum atomic E-state index is -4.98. The molecule has 0 unspecified atom stereocenters. The van der Waals surface area contributed by atoms with Crippen LogP contribution in [0.15, 0.2) is 18.2 Å². The van der Waals surface area contributed by atoms with Crippen molar-refractivity contribution in [3.8, 4) is 0 Å². The first-order valence-electron chi connectivity index (χ1n) is 4.67. The van der Waals surface area contributed by atoms with E-state index in [9.17, 15) is 22.8 Å². The van der Waals surface area contributed by atoms with Gasteiger partial charge in [-0.25, -0.2) is 0 Å². The fourth-order valence-electron chi connectivity index (χ4n) is 1.03. The normalized spacial score (nSPS) is 10.4. The molecule has 7 heteroatoms. The molecule has 0 heterocycles. The Kier molecular flexibility index (Phi) is 6.70. The number of halogens is 3. The van der Waals surface area contributed by atoms with Crippen molar-refractivity contribution in [2.24, 2.45) is 0 Å². The van der Waals surface area contributed by atoms with E-state index in [4.69, 9.17) is 0 Å². The zero-order valence-electron chi connectivity index (χ0n) is 9.47. The number of amides is 1. The molecule has 0 atom stereocenters. The Morgan fingerprint density at radius 3 is 2.39 bits per heavy atom. The van der Waals surface area contributed by atoms with Crippen LogP contribution >= 0.6 is 0 Å². The van der Waals surface area contributed by atoms with Crippen LogP contribution < -0.4 is 5.32 Å². The van der Waals surface area contributed by atoms with Gasteiger partial charge in [0.2, 0.25) is 11.7 Å². The van der Waals surface area contributed by atoms with Gasteiger partial charge in [-0.05, 0) is 0 Å². The molecule has 1 rings (SSSR count). The number of nitrogens with one attached hydrogen (secondary N) is 1. The van der Waals surface area contributed by atoms with Crippen LogP contribution in [-0.4, -0.2) is 17.9 Å². The average Bonchev–Trinajstić information content (AvgIpc) is 2.20. The minimum Gasteiger partial charge on any atom is -0.379 e. The molecule has 1 amide bonds. The predicted molar refractivity (Wildman–Crippen MR) is 54.3 cm³/mol. The van der Waals surface area contributed by atoms with Crippen LogP contribution in [0.25, 0.3) is 0 Å². The SMILES string of the molecule is Cc1[c-]cc(NC(=O)CC(=O)C(F)(F)F)cc1.[Y]. The third-order valence-corrected chi connectivity index (χ3v) is 1.89. The largest absolute Gasteiger partial charge is 0.450 e. The molecule has 0 aliphatic rings. The Labute approximate surface area is 127 Å². The molecule has 1 radical (unpaired) electrons. The number of hydrogen-bond donors (Lipinski definition) is 1. The summed E-state index contributed by atoms with van der Waals surface area (Å²) in [5.74, 6) is -3.06. The van der Waals surface area contributed by atoms with E-state index >= 15 is 0 Å². The smallest absolute Gasteiger partial charge is 0.379 e. The predicted octanol–water partition coefficient (Wildman–Crippen LogP) is 2.25. The molecule has 1 aromatic carbocycles. The van der Waals surface area contributed by atoms with Gasteiger partial charge in [0.15, 0.2) is 0 Å². The van der Waals surface area contributed by atoms with Gasteiger partial charge < -0.3 is 5.32 Å². The maximum atomic E-state index is 11.9. The average molecular weight is 333 g/mol. The van der Waals surface area contributed by atoms with Crippen molar-refractivity contribution in [1.29, 1.82) is 0 Å². The van der Waals surface area contributed by atoms with Crippen molar-refractivity contribution in [1.82, 2.24) is 0 Å². The van der Waals surface area contributed by atoms with E-state index in [0.29, 0.717) is 5.69 Å². The van der Waals surface area contributed by atoms with Crippen molar-refractivity contribution in [2.45, 2.75) is 19.5 Å². The number of rotatable bonds is 3. The summed E-state index contributed by atoms with van der Waals surface area (Å²) in [4.78, 5) is 21.6. The molecule has 0 spiro atoms. The van der Waals surface area contributed by atoms with Crippen LogP contribution in [0, 0.1) is 13.0 Å². The van der Waals surface area contributed by atoms with E-state index in [2.05, 4.69) is 11.4 Å². The number of aryl methyl sites for hydroxylation is 1. The second kappa shape index (κ2) is 6.99. The molecule has 0 aliphatic heterocycles. The number of anilines is 1. The van der Waals surface area contributed by atoms with Gasteiger partial charge in [-0.2, -0.15) is 36.9 Å². The van der Waals surface area contributed by atoms with Crippen LogP contribution in [0.3, 0.4) is 0 Å². The number of alkyl halides is 3. The zero-order chi connectivity index (χ0) is 13.1. The maximum Gasteiger partial charge on any atom is 0.450 e. The Morgan fingerprint density at radius 1 is 1.33 bits per heavy atom. The standard InChI is InChI=1S/C11H9F3NO2.Y/c1-7-2-4-8(5-3-7)15-10(17)6-9(16)11(12,13)14;/h2,4-5H,6H2,1H3,(H,15,17);/q-1;. The first kappa shape index (κ1) is 17.3. The quantitative estimate of drug-likeness (QED) is 0.681. The molecule has 1 N–H and O–H groups in total. The second-order valence-corrected chi connectivity index (χ2v) is 3.41. The molecule has 3 nitrogen and oxygen atoms in total. The number of benzene rings is 1. The Bertz CT molecular complexity index is 429. The van der Waals surface area contributed by atoms with E-state index < -0.39 is 24.3 Å². The van der Waals surface area contributed by atoms with E-state index in [-0.39, 0.29) is 32.7 Å². The summed E-state index contributed by atoms with van der Waals surface area (Å²) in [7, 11) is 0. The van der Waals surface area contributed by atoms with Crippen molar-refractivity contribution < 1.29 is 55.5 Å². The molecule has 0 saturated heterocycles. The summed E-state index contributed by atoms with van der Waals surface area (Å²) < 4.78 is 35.6. The van der Waals surface area contributed by atoms with Gasteiger partial charge in [0.25, 0.3) is 0 Å². The molecule has 1 aromatic rings. The molecule has 18 heavy (non-hydrogen) atoms. The molecule has 0 fully saturated rings. The summed E-state index contributed by atoms with van der Waals surface area (Å²) in [5, 5.41) is 2.18. The Balaban J connectivity index is 0.00000289. The number of ketones is 1. The first-order chi connectivity index (χ1) is 7.79. The number of hydrogen-bond acceptors (Lipinski definition) is 2. The number of Topliss-reactive ketones (excluding diaryl/α,β-unsaturated/α-hetero) is 1. The van der Waals surface area contributed by atoms with Crippen LogP contribution in [0.2, 0.25) is 0 Å². The third-order valence-electron chi connectivity index (χ3n) is 1.89. The summed E-state index contributed by atoms with van der Waals surface area (Å²) in [6.07, 6.45) is -6.19. The topological polar surface area (TPSA) is 46.2 Å². The third kappa shape index (κ3) is 5.73. The maximum absolute atomic E-state index is 11.9. The molecule has 0 bridgehead atoms. The molecular formula is C11H9F3NO2Y-. The Hall–Kier alpha value is -0.746. The van der Waals surface area contributed by atoms with E-state index in [0.717, 1.165) is 5.56 Å². The van der Waals surface area contributed by atoms with Gasteiger partial charge in [-0.15, -0.1) is 6.07 Å². The molecule has 0 aromatic heterocycles. The van der Waals surface area contributed by atoms with Crippen molar-refractivity contribution in [3.05, 3.63) is 29.8 Å². The van der Waals surface area contributed by atoms with E-state index in [1.165, 1.54) is 12.1 Å². The molecule has 0 aliphatic carbocycles. The van der Waals surface area contributed by atoms with Gasteiger partial charge >= 0.3 is 6.18 Å². The van der Waals surface area contributed by atoms with Crippen molar-refractivity contribution in [2.75, 3.05) is 5.32 Å². The van der Waals surface area contributed by atoms with Crippen LogP contribution in [-0.2, 0) is 42.3 Å². The minimum absolute atomic E-state index is 0. The van der Waals surface area contributed by atoms with Gasteiger partial charge in [-0.3, -0.25) is 9.59 Å². The Morgan fingerprint density at radius 2 is 1.94 bits per heavy atom. The summed E-state index contributed by atoms with van der Waals surface area (Å²) >= 11 is 0. The first-order valence-corrected chi connectivity index (χ1v) is 4.67. The summed E-state index contributed by atoms with van der Waals surface area (Å²) in [6, 6.07) is 7.34. The zero-order valence-corrected chi connectivity index (χ0v) is 12.3. The van der Waals surface area contributed by atoms with Crippen molar-refractivity contribution in [3.63, 3.8) is 0 Å². The fourth-order valence-corrected chi connectivity index (χ4v) is 1.03. The molecular weight excluding hydrogens is 324 g/mol. The van der Waals surface area contributed by atoms with Gasteiger partial charge in [-0.1, -0.05) is 12.6 Å². The van der Waals surface area contributed by atoms with E-state index in [1.807, 2.05) is 0 Å². The number of carbonyl (C=O) groups is 2. The number of carbonyl (C=O) groups excluding carboxylic acids is 2. The van der Waals surface area contributed by atoms with Gasteiger partial charge in [0, 0.05) is 32.7 Å². The van der Waals surface area contributed by atoms with Crippen LogP contribution in [0.4, 0.5) is 18.9 Å². The monoisotopic (exact) mass is 333 g/mol. The van der Waals surface area contributed by atoms with Gasteiger partial charge in [0.1, 0.15) is 0 Å². The second-order valence-electron chi connectivity index (χ2n) is 3.41.